The monoisotopic (exact) mass is 294 g/mol. The standard InChI is InChI=1S/C13H15ClN4O2/c1-7(2)11-16-12(18-17-11)13(19)15-9-6-8(14)4-5-10(9)20-3/h4-7H,1-3H3,(H,15,19)(H,16,17,18). The molecule has 0 spiro atoms. The third-order valence-electron chi connectivity index (χ3n) is 2.66. The first-order valence-electron chi connectivity index (χ1n) is 6.08. The minimum atomic E-state index is -0.422. The number of hydrogen-bond acceptors (Lipinski definition) is 4. The maximum absolute atomic E-state index is 12.1. The summed E-state index contributed by atoms with van der Waals surface area (Å²) < 4.78 is 5.16. The number of carbonyl (C=O) groups is 1. The first kappa shape index (κ1) is 14.3. The molecule has 0 bridgehead atoms. The highest BCUT2D eigenvalue weighted by Gasteiger charge is 2.16. The van der Waals surface area contributed by atoms with Crippen LogP contribution in [0.5, 0.6) is 5.75 Å². The van der Waals surface area contributed by atoms with E-state index in [0.717, 1.165) is 0 Å². The average Bonchev–Trinajstić information content (AvgIpc) is 2.89. The predicted molar refractivity (Wildman–Crippen MR) is 76.4 cm³/mol. The van der Waals surface area contributed by atoms with Crippen molar-refractivity contribution < 1.29 is 9.53 Å². The molecule has 0 saturated heterocycles. The molecule has 0 atom stereocenters. The van der Waals surface area contributed by atoms with Crippen LogP contribution in [0.2, 0.25) is 5.02 Å². The summed E-state index contributed by atoms with van der Waals surface area (Å²) in [6.07, 6.45) is 0. The highest BCUT2D eigenvalue weighted by molar-refractivity contribution is 6.31. The molecule has 6 nitrogen and oxygen atoms in total. The van der Waals surface area contributed by atoms with E-state index in [0.29, 0.717) is 22.3 Å². The van der Waals surface area contributed by atoms with E-state index in [1.54, 1.807) is 18.2 Å². The van der Waals surface area contributed by atoms with Crippen LogP contribution in [0.4, 0.5) is 5.69 Å². The molecule has 0 aliphatic rings. The average molecular weight is 295 g/mol. The van der Waals surface area contributed by atoms with Crippen LogP contribution in [-0.4, -0.2) is 28.2 Å². The van der Waals surface area contributed by atoms with Crippen molar-refractivity contribution in [1.29, 1.82) is 0 Å². The van der Waals surface area contributed by atoms with Crippen molar-refractivity contribution in [3.05, 3.63) is 34.9 Å². The molecule has 20 heavy (non-hydrogen) atoms. The van der Waals surface area contributed by atoms with Crippen molar-refractivity contribution in [3.8, 4) is 5.75 Å². The number of nitrogens with one attached hydrogen (secondary N) is 2. The number of rotatable bonds is 4. The van der Waals surface area contributed by atoms with E-state index in [9.17, 15) is 4.79 Å². The number of aromatic amines is 1. The number of amides is 1. The van der Waals surface area contributed by atoms with Gasteiger partial charge in [-0.25, -0.2) is 4.98 Å². The Morgan fingerprint density at radius 1 is 1.45 bits per heavy atom. The first-order valence-corrected chi connectivity index (χ1v) is 6.46. The van der Waals surface area contributed by atoms with Gasteiger partial charge in [0, 0.05) is 10.9 Å². The highest BCUT2D eigenvalue weighted by atomic mass is 35.5. The lowest BCUT2D eigenvalue weighted by atomic mass is 10.2. The Hall–Kier alpha value is -2.08. The molecule has 0 aliphatic carbocycles. The second-order valence-corrected chi connectivity index (χ2v) is 4.93. The summed E-state index contributed by atoms with van der Waals surface area (Å²) in [6, 6.07) is 4.96. The van der Waals surface area contributed by atoms with Gasteiger partial charge in [-0.05, 0) is 18.2 Å². The van der Waals surface area contributed by atoms with E-state index in [2.05, 4.69) is 20.5 Å². The lowest BCUT2D eigenvalue weighted by molar-refractivity contribution is 0.101. The zero-order valence-electron chi connectivity index (χ0n) is 11.4. The highest BCUT2D eigenvalue weighted by Crippen LogP contribution is 2.27. The van der Waals surface area contributed by atoms with Gasteiger partial charge in [0.15, 0.2) is 0 Å². The van der Waals surface area contributed by atoms with Gasteiger partial charge < -0.3 is 10.1 Å². The van der Waals surface area contributed by atoms with E-state index in [1.165, 1.54) is 7.11 Å². The van der Waals surface area contributed by atoms with Crippen LogP contribution in [-0.2, 0) is 0 Å². The molecule has 0 saturated carbocycles. The summed E-state index contributed by atoms with van der Waals surface area (Å²) in [7, 11) is 1.52. The molecule has 1 aromatic heterocycles. The normalized spacial score (nSPS) is 10.7. The van der Waals surface area contributed by atoms with E-state index in [4.69, 9.17) is 16.3 Å². The molecule has 1 aromatic carbocycles. The molecule has 0 unspecified atom stereocenters. The first-order chi connectivity index (χ1) is 9.51. The van der Waals surface area contributed by atoms with Crippen LogP contribution in [0.15, 0.2) is 18.2 Å². The molecule has 2 rings (SSSR count). The molecule has 106 valence electrons. The number of hydrogen-bond donors (Lipinski definition) is 2. The van der Waals surface area contributed by atoms with E-state index in [-0.39, 0.29) is 11.7 Å². The number of halogens is 1. The van der Waals surface area contributed by atoms with Crippen LogP contribution >= 0.6 is 11.6 Å². The summed E-state index contributed by atoms with van der Waals surface area (Å²) in [4.78, 5) is 16.2. The van der Waals surface area contributed by atoms with E-state index < -0.39 is 5.91 Å². The molecule has 0 aliphatic heterocycles. The molecule has 1 amide bonds. The molecule has 1 heterocycles. The molecule has 7 heteroatoms. The second-order valence-electron chi connectivity index (χ2n) is 4.50. The summed E-state index contributed by atoms with van der Waals surface area (Å²) in [5.74, 6) is 1.00. The van der Waals surface area contributed by atoms with Gasteiger partial charge in [0.25, 0.3) is 5.91 Å². The van der Waals surface area contributed by atoms with Crippen LogP contribution in [0.25, 0.3) is 0 Å². The molecular formula is C13H15ClN4O2. The fraction of sp³-hybridized carbons (Fsp3) is 0.308. The topological polar surface area (TPSA) is 79.9 Å². The molecular weight excluding hydrogens is 280 g/mol. The van der Waals surface area contributed by atoms with Crippen molar-refractivity contribution >= 4 is 23.2 Å². The van der Waals surface area contributed by atoms with Crippen molar-refractivity contribution in [1.82, 2.24) is 15.2 Å². The number of ether oxygens (including phenoxy) is 1. The summed E-state index contributed by atoms with van der Waals surface area (Å²) in [5.41, 5.74) is 0.473. The summed E-state index contributed by atoms with van der Waals surface area (Å²) >= 11 is 5.90. The second kappa shape index (κ2) is 5.92. The zero-order valence-corrected chi connectivity index (χ0v) is 12.2. The summed E-state index contributed by atoms with van der Waals surface area (Å²) in [5, 5.41) is 9.80. The lowest BCUT2D eigenvalue weighted by Crippen LogP contribution is -2.14. The fourth-order valence-electron chi connectivity index (χ4n) is 1.59. The minimum absolute atomic E-state index is 0.0794. The predicted octanol–water partition coefficient (Wildman–Crippen LogP) is 2.84. The molecule has 2 N–H and O–H groups in total. The Kier molecular flexibility index (Phi) is 4.24. The van der Waals surface area contributed by atoms with Crippen molar-refractivity contribution in [2.24, 2.45) is 0 Å². The third kappa shape index (κ3) is 3.08. The van der Waals surface area contributed by atoms with Gasteiger partial charge >= 0.3 is 0 Å². The van der Waals surface area contributed by atoms with Crippen LogP contribution in [0.1, 0.15) is 36.2 Å². The number of benzene rings is 1. The number of aromatic nitrogens is 3. The third-order valence-corrected chi connectivity index (χ3v) is 2.90. The van der Waals surface area contributed by atoms with Gasteiger partial charge in [0.05, 0.1) is 12.8 Å². The Labute approximate surface area is 121 Å². The van der Waals surface area contributed by atoms with Gasteiger partial charge in [-0.1, -0.05) is 25.4 Å². The molecule has 0 radical (unpaired) electrons. The van der Waals surface area contributed by atoms with Gasteiger partial charge in [0.1, 0.15) is 11.6 Å². The van der Waals surface area contributed by atoms with Crippen LogP contribution in [0, 0.1) is 0 Å². The summed E-state index contributed by atoms with van der Waals surface area (Å²) in [6.45, 7) is 3.92. The number of anilines is 1. The number of nitrogens with zero attached hydrogens (tertiary/aromatic N) is 2. The van der Waals surface area contributed by atoms with Gasteiger partial charge in [0.2, 0.25) is 5.82 Å². The van der Waals surface area contributed by atoms with Crippen molar-refractivity contribution in [2.75, 3.05) is 12.4 Å². The van der Waals surface area contributed by atoms with Crippen molar-refractivity contribution in [3.63, 3.8) is 0 Å². The van der Waals surface area contributed by atoms with E-state index in [1.807, 2.05) is 13.8 Å². The van der Waals surface area contributed by atoms with E-state index >= 15 is 0 Å². The lowest BCUT2D eigenvalue weighted by Gasteiger charge is -2.09. The Bertz CT molecular complexity index is 625. The maximum atomic E-state index is 12.1. The van der Waals surface area contributed by atoms with Gasteiger partial charge in [-0.3, -0.25) is 9.89 Å². The fourth-order valence-corrected chi connectivity index (χ4v) is 1.76. The number of methoxy groups -OCH3 is 1. The quantitative estimate of drug-likeness (QED) is 0.908. The van der Waals surface area contributed by atoms with Crippen LogP contribution in [0.3, 0.4) is 0 Å². The number of carbonyl (C=O) groups excluding carboxylic acids is 1. The minimum Gasteiger partial charge on any atom is -0.495 e. The smallest absolute Gasteiger partial charge is 0.295 e. The Morgan fingerprint density at radius 3 is 2.80 bits per heavy atom. The van der Waals surface area contributed by atoms with Gasteiger partial charge in [-0.15, -0.1) is 5.10 Å². The zero-order chi connectivity index (χ0) is 14.7. The van der Waals surface area contributed by atoms with Gasteiger partial charge in [-0.2, -0.15) is 0 Å². The SMILES string of the molecule is COc1ccc(Cl)cc1NC(=O)c1n[nH]c(C(C)C)n1. The molecule has 0 fully saturated rings. The van der Waals surface area contributed by atoms with Crippen molar-refractivity contribution in [2.45, 2.75) is 19.8 Å². The maximum Gasteiger partial charge on any atom is 0.295 e. The molecule has 2 aromatic rings. The van der Waals surface area contributed by atoms with Crippen LogP contribution < -0.4 is 10.1 Å². The Balaban J connectivity index is 2.20. The Morgan fingerprint density at radius 2 is 2.20 bits per heavy atom. The largest absolute Gasteiger partial charge is 0.495 e. The number of H-pyrrole nitrogens is 1.